The summed E-state index contributed by atoms with van der Waals surface area (Å²) in [4.78, 5) is 8.07. The van der Waals surface area contributed by atoms with E-state index in [2.05, 4.69) is 20.0 Å². The highest BCUT2D eigenvalue weighted by Crippen LogP contribution is 2.27. The Bertz CT molecular complexity index is 510. The molecule has 1 aromatic heterocycles. The van der Waals surface area contributed by atoms with Crippen molar-refractivity contribution >= 4 is 16.0 Å². The molecule has 0 aliphatic heterocycles. The van der Waals surface area contributed by atoms with Gasteiger partial charge in [-0.15, -0.1) is 0 Å². The predicted molar refractivity (Wildman–Crippen MR) is 78.0 cm³/mol. The fourth-order valence-electron chi connectivity index (χ4n) is 2.48. The van der Waals surface area contributed by atoms with Crippen molar-refractivity contribution in [2.75, 3.05) is 18.4 Å². The van der Waals surface area contributed by atoms with E-state index < -0.39 is 10.0 Å². The van der Waals surface area contributed by atoms with E-state index in [0.29, 0.717) is 25.0 Å². The van der Waals surface area contributed by atoms with E-state index in [-0.39, 0.29) is 4.90 Å². The SMILES string of the molecule is CCNc1ncc(S(=O)(=O)NCCC2CCCC2)cn1. The molecule has 0 unspecified atom stereocenters. The van der Waals surface area contributed by atoms with Gasteiger partial charge in [-0.2, -0.15) is 0 Å². The first kappa shape index (κ1) is 15.2. The average Bonchev–Trinajstić information content (AvgIpc) is 2.93. The molecule has 112 valence electrons. The monoisotopic (exact) mass is 298 g/mol. The van der Waals surface area contributed by atoms with Crippen LogP contribution in [0.4, 0.5) is 5.95 Å². The summed E-state index contributed by atoms with van der Waals surface area (Å²) in [5.74, 6) is 1.11. The van der Waals surface area contributed by atoms with E-state index in [0.717, 1.165) is 6.42 Å². The van der Waals surface area contributed by atoms with Crippen molar-refractivity contribution in [3.63, 3.8) is 0 Å². The molecule has 20 heavy (non-hydrogen) atoms. The summed E-state index contributed by atoms with van der Waals surface area (Å²) in [6.45, 7) is 3.12. The molecule has 0 spiro atoms. The molecule has 0 bridgehead atoms. The van der Waals surface area contributed by atoms with Gasteiger partial charge in [0.25, 0.3) is 0 Å². The number of aromatic nitrogens is 2. The van der Waals surface area contributed by atoms with E-state index in [4.69, 9.17) is 0 Å². The molecule has 1 aromatic rings. The quantitative estimate of drug-likeness (QED) is 0.801. The third kappa shape index (κ3) is 4.14. The van der Waals surface area contributed by atoms with Crippen LogP contribution in [0.25, 0.3) is 0 Å². The molecule has 2 rings (SSSR count). The highest BCUT2D eigenvalue weighted by atomic mass is 32.2. The average molecular weight is 298 g/mol. The van der Waals surface area contributed by atoms with Crippen LogP contribution in [0.3, 0.4) is 0 Å². The molecule has 0 aromatic carbocycles. The second-order valence-corrected chi connectivity index (χ2v) is 6.88. The molecule has 0 amide bonds. The smallest absolute Gasteiger partial charge is 0.243 e. The van der Waals surface area contributed by atoms with Gasteiger partial charge < -0.3 is 5.32 Å². The van der Waals surface area contributed by atoms with Crippen molar-refractivity contribution in [2.45, 2.75) is 43.9 Å². The molecule has 1 aliphatic carbocycles. The molecule has 2 N–H and O–H groups in total. The number of hydrogen-bond acceptors (Lipinski definition) is 5. The normalized spacial score (nSPS) is 16.4. The first-order chi connectivity index (χ1) is 9.62. The zero-order valence-corrected chi connectivity index (χ0v) is 12.6. The van der Waals surface area contributed by atoms with Crippen molar-refractivity contribution < 1.29 is 8.42 Å². The minimum Gasteiger partial charge on any atom is -0.355 e. The van der Waals surface area contributed by atoms with Crippen molar-refractivity contribution in [3.05, 3.63) is 12.4 Å². The van der Waals surface area contributed by atoms with Gasteiger partial charge in [0.2, 0.25) is 16.0 Å². The molecule has 6 nitrogen and oxygen atoms in total. The lowest BCUT2D eigenvalue weighted by Crippen LogP contribution is -2.26. The van der Waals surface area contributed by atoms with E-state index in [1.54, 1.807) is 0 Å². The Morgan fingerprint density at radius 3 is 2.50 bits per heavy atom. The number of anilines is 1. The van der Waals surface area contributed by atoms with Crippen LogP contribution in [0, 0.1) is 5.92 Å². The van der Waals surface area contributed by atoms with Crippen LogP contribution >= 0.6 is 0 Å². The largest absolute Gasteiger partial charge is 0.355 e. The van der Waals surface area contributed by atoms with Crippen LogP contribution in [0.5, 0.6) is 0 Å². The van der Waals surface area contributed by atoms with Crippen molar-refractivity contribution in [1.29, 1.82) is 0 Å². The third-order valence-electron chi connectivity index (χ3n) is 3.59. The molecule has 1 heterocycles. The molecule has 7 heteroatoms. The van der Waals surface area contributed by atoms with Gasteiger partial charge in [-0.3, -0.25) is 0 Å². The van der Waals surface area contributed by atoms with Crippen molar-refractivity contribution in [3.8, 4) is 0 Å². The van der Waals surface area contributed by atoms with Crippen molar-refractivity contribution in [1.82, 2.24) is 14.7 Å². The van der Waals surface area contributed by atoms with Crippen LogP contribution in [0.1, 0.15) is 39.0 Å². The fraction of sp³-hybridized carbons (Fsp3) is 0.692. The lowest BCUT2D eigenvalue weighted by atomic mass is 10.1. The van der Waals surface area contributed by atoms with E-state index in [1.807, 2.05) is 6.92 Å². The van der Waals surface area contributed by atoms with Gasteiger partial charge in [-0.1, -0.05) is 25.7 Å². The number of hydrogen-bond donors (Lipinski definition) is 2. The summed E-state index contributed by atoms with van der Waals surface area (Å²) in [5.41, 5.74) is 0. The lowest BCUT2D eigenvalue weighted by molar-refractivity contribution is 0.495. The second-order valence-electron chi connectivity index (χ2n) is 5.11. The lowest BCUT2D eigenvalue weighted by Gasteiger charge is -2.10. The van der Waals surface area contributed by atoms with Crippen LogP contribution in [0.2, 0.25) is 0 Å². The topological polar surface area (TPSA) is 84.0 Å². The summed E-state index contributed by atoms with van der Waals surface area (Å²) in [5, 5.41) is 2.93. The predicted octanol–water partition coefficient (Wildman–Crippen LogP) is 1.77. The van der Waals surface area contributed by atoms with Gasteiger partial charge in [0.05, 0.1) is 12.4 Å². The Kier molecular flexibility index (Phi) is 5.31. The van der Waals surface area contributed by atoms with Crippen LogP contribution in [-0.2, 0) is 10.0 Å². The van der Waals surface area contributed by atoms with Gasteiger partial charge in [0.15, 0.2) is 0 Å². The summed E-state index contributed by atoms with van der Waals surface area (Å²) in [6.07, 6.45) is 8.58. The number of nitrogens with one attached hydrogen (secondary N) is 2. The van der Waals surface area contributed by atoms with Crippen LogP contribution < -0.4 is 10.0 Å². The molecule has 0 saturated heterocycles. The minimum atomic E-state index is -3.49. The fourth-order valence-corrected chi connectivity index (χ4v) is 3.42. The number of sulfonamides is 1. The molecule has 0 radical (unpaired) electrons. The zero-order chi connectivity index (χ0) is 14.4. The maximum absolute atomic E-state index is 12.1. The highest BCUT2D eigenvalue weighted by molar-refractivity contribution is 7.89. The summed E-state index contributed by atoms with van der Waals surface area (Å²) < 4.78 is 26.8. The summed E-state index contributed by atoms with van der Waals surface area (Å²) in [7, 11) is -3.49. The Balaban J connectivity index is 1.88. The first-order valence-corrected chi connectivity index (χ1v) is 8.65. The Morgan fingerprint density at radius 2 is 1.90 bits per heavy atom. The summed E-state index contributed by atoms with van der Waals surface area (Å²) in [6, 6.07) is 0. The van der Waals surface area contributed by atoms with Crippen LogP contribution in [0.15, 0.2) is 17.3 Å². The van der Waals surface area contributed by atoms with Crippen LogP contribution in [-0.4, -0.2) is 31.5 Å². The molecular weight excluding hydrogens is 276 g/mol. The molecule has 1 fully saturated rings. The van der Waals surface area contributed by atoms with Gasteiger partial charge in [-0.25, -0.2) is 23.1 Å². The molecule has 1 saturated carbocycles. The molecule has 0 atom stereocenters. The van der Waals surface area contributed by atoms with Gasteiger partial charge in [0, 0.05) is 13.1 Å². The maximum atomic E-state index is 12.1. The Hall–Kier alpha value is -1.21. The summed E-state index contributed by atoms with van der Waals surface area (Å²) >= 11 is 0. The number of rotatable bonds is 7. The van der Waals surface area contributed by atoms with Gasteiger partial charge >= 0.3 is 0 Å². The van der Waals surface area contributed by atoms with Gasteiger partial charge in [-0.05, 0) is 19.3 Å². The van der Waals surface area contributed by atoms with E-state index in [9.17, 15) is 8.42 Å². The molecule has 1 aliphatic rings. The van der Waals surface area contributed by atoms with Crippen molar-refractivity contribution in [2.24, 2.45) is 5.92 Å². The minimum absolute atomic E-state index is 0.116. The number of nitrogens with zero attached hydrogens (tertiary/aromatic N) is 2. The maximum Gasteiger partial charge on any atom is 0.243 e. The zero-order valence-electron chi connectivity index (χ0n) is 11.8. The Labute approximate surface area is 120 Å². The standard InChI is InChI=1S/C13H22N4O2S/c1-2-14-13-15-9-12(10-16-13)20(18,19)17-8-7-11-5-3-4-6-11/h9-11,17H,2-8H2,1H3,(H,14,15,16). The first-order valence-electron chi connectivity index (χ1n) is 7.17. The third-order valence-corrected chi connectivity index (χ3v) is 5.01. The van der Waals surface area contributed by atoms with E-state index in [1.165, 1.54) is 38.1 Å². The highest BCUT2D eigenvalue weighted by Gasteiger charge is 2.18. The Morgan fingerprint density at radius 1 is 1.25 bits per heavy atom. The molecular formula is C13H22N4O2S. The second kappa shape index (κ2) is 6.99. The van der Waals surface area contributed by atoms with Gasteiger partial charge in [0.1, 0.15) is 4.90 Å². The van der Waals surface area contributed by atoms with E-state index >= 15 is 0 Å².